The van der Waals surface area contributed by atoms with Gasteiger partial charge in [-0.1, -0.05) is 5.21 Å². The molecule has 44 valence electrons. The number of H-pyrrole nitrogens is 1. The third kappa shape index (κ3) is 0.969. The van der Waals surface area contributed by atoms with Crippen LogP contribution in [0.2, 0.25) is 0 Å². The minimum Gasteiger partial charge on any atom is -0.177 e. The highest BCUT2D eigenvalue weighted by molar-refractivity contribution is 4.71. The molecular weight excluding hydrogens is 113 g/mol. The molecule has 2 N–H and O–H groups in total. The summed E-state index contributed by atoms with van der Waals surface area (Å²) in [5.41, 5.74) is 1.39. The van der Waals surface area contributed by atoms with E-state index in [1.165, 1.54) is 5.54 Å². The summed E-state index contributed by atoms with van der Waals surface area (Å²) in [6, 6.07) is 0. The van der Waals surface area contributed by atoms with Crippen molar-refractivity contribution in [2.24, 2.45) is 0 Å². The van der Waals surface area contributed by atoms with Crippen molar-refractivity contribution in [2.75, 3.05) is 0 Å². The molecule has 5 nitrogen and oxygen atoms in total. The summed E-state index contributed by atoms with van der Waals surface area (Å²) in [4.78, 5) is 0. The maximum Gasteiger partial charge on any atom is 0.190 e. The van der Waals surface area contributed by atoms with Crippen LogP contribution in [0.5, 0.6) is 0 Å². The van der Waals surface area contributed by atoms with Crippen molar-refractivity contribution < 1.29 is 4.48 Å². The van der Waals surface area contributed by atoms with Gasteiger partial charge in [-0.05, 0) is 0 Å². The van der Waals surface area contributed by atoms with Crippen molar-refractivity contribution in [2.45, 2.75) is 6.54 Å². The number of nitrogens with zero attached hydrogens (tertiary/aromatic N) is 3. The Balaban J connectivity index is 2.50. The first-order valence-electron chi connectivity index (χ1n) is 1.99. The van der Waals surface area contributed by atoms with E-state index in [2.05, 4.69) is 20.6 Å². The Bertz CT molecular complexity index is 136. The molecule has 6 heteroatoms. The number of nitrogens with one attached hydrogen (secondary N) is 2. The molecule has 1 heterocycles. The first-order valence-corrected chi connectivity index (χ1v) is 1.99. The first-order chi connectivity index (χ1) is 3.93. The number of aromatic nitrogens is 4. The first kappa shape index (κ1) is 5.10. The maximum absolute atomic E-state index is 11.2. The van der Waals surface area contributed by atoms with E-state index in [1.54, 1.807) is 0 Å². The molecule has 0 aliphatic heterocycles. The van der Waals surface area contributed by atoms with Gasteiger partial charge in [0, 0.05) is 0 Å². The highest BCUT2D eigenvalue weighted by Crippen LogP contribution is 1.78. The molecule has 1 rings (SSSR count). The van der Waals surface area contributed by atoms with Crippen LogP contribution in [-0.2, 0) is 6.54 Å². The van der Waals surface area contributed by atoms with Crippen molar-refractivity contribution in [1.29, 1.82) is 0 Å². The molecule has 0 fully saturated rings. The SMILES string of the molecule is FNCc1nn[nH]n1. The van der Waals surface area contributed by atoms with Gasteiger partial charge in [-0.2, -0.15) is 10.8 Å². The maximum atomic E-state index is 11.2. The second-order valence-corrected chi connectivity index (χ2v) is 1.14. The van der Waals surface area contributed by atoms with Crippen molar-refractivity contribution in [3.8, 4) is 0 Å². The molecule has 0 amide bonds. The van der Waals surface area contributed by atoms with Gasteiger partial charge in [-0.15, -0.1) is 14.7 Å². The van der Waals surface area contributed by atoms with Crippen LogP contribution in [0.4, 0.5) is 4.48 Å². The second kappa shape index (κ2) is 2.31. The molecule has 0 aliphatic carbocycles. The highest BCUT2D eigenvalue weighted by Gasteiger charge is 1.92. The van der Waals surface area contributed by atoms with Crippen molar-refractivity contribution >= 4 is 0 Å². The van der Waals surface area contributed by atoms with Gasteiger partial charge in [0.1, 0.15) is 0 Å². The fraction of sp³-hybridized carbons (Fsp3) is 0.500. The molecule has 0 aliphatic rings. The quantitative estimate of drug-likeness (QED) is 0.496. The van der Waals surface area contributed by atoms with Crippen molar-refractivity contribution in [3.63, 3.8) is 0 Å². The molecule has 0 saturated carbocycles. The van der Waals surface area contributed by atoms with Crippen LogP contribution in [-0.4, -0.2) is 20.6 Å². The van der Waals surface area contributed by atoms with E-state index < -0.39 is 0 Å². The fourth-order valence-corrected chi connectivity index (χ4v) is 0.317. The predicted molar refractivity (Wildman–Crippen MR) is 22.1 cm³/mol. The van der Waals surface area contributed by atoms with Crippen LogP contribution in [0.3, 0.4) is 0 Å². The zero-order valence-electron chi connectivity index (χ0n) is 3.93. The average molecular weight is 117 g/mol. The summed E-state index contributed by atoms with van der Waals surface area (Å²) in [6.45, 7) is -0.00347. The van der Waals surface area contributed by atoms with Gasteiger partial charge in [0.25, 0.3) is 0 Å². The lowest BCUT2D eigenvalue weighted by molar-refractivity contribution is 0.324. The standard InChI is InChI=1S/C2H4FN5/c3-4-1-2-5-7-8-6-2/h4H,1H2,(H,5,6,7,8). The Hall–Kier alpha value is -1.04. The summed E-state index contributed by atoms with van der Waals surface area (Å²) >= 11 is 0. The lowest BCUT2D eigenvalue weighted by Crippen LogP contribution is -2.01. The lowest BCUT2D eigenvalue weighted by Gasteiger charge is -1.81. The van der Waals surface area contributed by atoms with Crippen LogP contribution < -0.4 is 5.54 Å². The summed E-state index contributed by atoms with van der Waals surface area (Å²) in [7, 11) is 0. The van der Waals surface area contributed by atoms with Gasteiger partial charge < -0.3 is 0 Å². The minimum absolute atomic E-state index is 0.00347. The van der Waals surface area contributed by atoms with Crippen LogP contribution >= 0.6 is 0 Å². The monoisotopic (exact) mass is 117 g/mol. The molecule has 8 heavy (non-hydrogen) atoms. The van der Waals surface area contributed by atoms with Crippen LogP contribution in [0.15, 0.2) is 0 Å². The Morgan fingerprint density at radius 3 is 3.12 bits per heavy atom. The van der Waals surface area contributed by atoms with Gasteiger partial charge in [-0.25, -0.2) is 0 Å². The molecule has 0 atom stereocenters. The predicted octanol–water partition coefficient (Wildman–Crippen LogP) is -0.826. The van der Waals surface area contributed by atoms with Gasteiger partial charge >= 0.3 is 0 Å². The Kier molecular flexibility index (Phi) is 1.48. The highest BCUT2D eigenvalue weighted by atomic mass is 19.2. The minimum atomic E-state index is -0.00347. The normalized spacial score (nSPS) is 9.62. The molecule has 0 bridgehead atoms. The summed E-state index contributed by atoms with van der Waals surface area (Å²) < 4.78 is 11.2. The number of aromatic amines is 1. The number of hydrogen-bond acceptors (Lipinski definition) is 4. The molecule has 0 spiro atoms. The van der Waals surface area contributed by atoms with E-state index in [0.717, 1.165) is 0 Å². The van der Waals surface area contributed by atoms with E-state index in [0.29, 0.717) is 5.82 Å². The van der Waals surface area contributed by atoms with E-state index in [-0.39, 0.29) is 6.54 Å². The van der Waals surface area contributed by atoms with Gasteiger partial charge in [0.15, 0.2) is 5.82 Å². The second-order valence-electron chi connectivity index (χ2n) is 1.14. The zero-order chi connectivity index (χ0) is 5.82. The van der Waals surface area contributed by atoms with E-state index in [4.69, 9.17) is 0 Å². The van der Waals surface area contributed by atoms with E-state index in [9.17, 15) is 4.48 Å². The molecule has 1 aromatic rings. The summed E-state index contributed by atoms with van der Waals surface area (Å²) in [5, 5.41) is 12.3. The molecule has 1 aromatic heterocycles. The topological polar surface area (TPSA) is 66.5 Å². The molecule has 0 radical (unpaired) electrons. The van der Waals surface area contributed by atoms with Gasteiger partial charge in [0.05, 0.1) is 6.54 Å². The average Bonchev–Trinajstić information content (AvgIpc) is 2.19. The van der Waals surface area contributed by atoms with Crippen molar-refractivity contribution in [3.05, 3.63) is 5.82 Å². The summed E-state index contributed by atoms with van der Waals surface area (Å²) in [5.74, 6) is 0.313. The molecule has 0 unspecified atom stereocenters. The van der Waals surface area contributed by atoms with Crippen molar-refractivity contribution in [1.82, 2.24) is 26.2 Å². The number of halogens is 1. The molecular formula is C2H4FN5. The summed E-state index contributed by atoms with van der Waals surface area (Å²) in [6.07, 6.45) is 0. The van der Waals surface area contributed by atoms with Gasteiger partial charge in [0.2, 0.25) is 0 Å². The van der Waals surface area contributed by atoms with Crippen LogP contribution in [0.1, 0.15) is 5.82 Å². The van der Waals surface area contributed by atoms with E-state index in [1.807, 2.05) is 0 Å². The third-order valence-corrected chi connectivity index (χ3v) is 0.614. The van der Waals surface area contributed by atoms with Crippen LogP contribution in [0.25, 0.3) is 0 Å². The zero-order valence-corrected chi connectivity index (χ0v) is 3.93. The largest absolute Gasteiger partial charge is 0.190 e. The third-order valence-electron chi connectivity index (χ3n) is 0.614. The van der Waals surface area contributed by atoms with Crippen LogP contribution in [0, 0.1) is 0 Å². The van der Waals surface area contributed by atoms with Gasteiger partial charge in [-0.3, -0.25) is 0 Å². The number of tetrazole rings is 1. The fourth-order valence-electron chi connectivity index (χ4n) is 0.317. The van der Waals surface area contributed by atoms with E-state index >= 15 is 0 Å². The number of hydrogen-bond donors (Lipinski definition) is 2. The smallest absolute Gasteiger partial charge is 0.177 e. The Morgan fingerprint density at radius 2 is 2.62 bits per heavy atom. The lowest BCUT2D eigenvalue weighted by atomic mass is 10.6. The Morgan fingerprint density at radius 1 is 1.75 bits per heavy atom. The molecule has 0 saturated heterocycles. The Labute approximate surface area is 44.2 Å². The molecule has 0 aromatic carbocycles. The number of rotatable bonds is 2.